The zero-order valence-electron chi connectivity index (χ0n) is 31.7. The molecule has 4 aliphatic rings. The minimum Gasteiger partial charge on any atom is -0.457 e. The highest BCUT2D eigenvalue weighted by Crippen LogP contribution is 2.35. The molecule has 0 radical (unpaired) electrons. The number of hydrogen-bond acceptors (Lipinski definition) is 13. The summed E-state index contributed by atoms with van der Waals surface area (Å²) in [5.74, 6) is 0.681. The van der Waals surface area contributed by atoms with Crippen LogP contribution in [0, 0.1) is 12.8 Å². The molecule has 3 saturated heterocycles. The monoisotopic (exact) mass is 777 g/mol. The van der Waals surface area contributed by atoms with E-state index in [4.69, 9.17) is 4.74 Å². The van der Waals surface area contributed by atoms with Gasteiger partial charge in [0.05, 0.1) is 16.6 Å². The number of aryl methyl sites for hydroxylation is 1. The molecule has 3 aromatic carbocycles. The molecule has 0 spiro atoms. The van der Waals surface area contributed by atoms with Crippen LogP contribution in [0.15, 0.2) is 85.6 Å². The Balaban J connectivity index is 0.739. The number of benzene rings is 3. The van der Waals surface area contributed by atoms with Gasteiger partial charge in [0.25, 0.3) is 11.8 Å². The van der Waals surface area contributed by atoms with Crippen molar-refractivity contribution >= 4 is 63.1 Å². The van der Waals surface area contributed by atoms with Crippen LogP contribution in [0.1, 0.15) is 39.1 Å². The van der Waals surface area contributed by atoms with Gasteiger partial charge in [-0.25, -0.2) is 19.5 Å². The Bertz CT molecular complexity index is 2650. The molecule has 16 heteroatoms. The summed E-state index contributed by atoms with van der Waals surface area (Å²) in [6.45, 7) is 8.38. The summed E-state index contributed by atoms with van der Waals surface area (Å²) < 4.78 is 7.86. The van der Waals surface area contributed by atoms with E-state index in [2.05, 4.69) is 63.6 Å². The molecule has 7 heterocycles. The highest BCUT2D eigenvalue weighted by molar-refractivity contribution is 6.23. The first-order valence-electron chi connectivity index (χ1n) is 19.4. The number of carbonyl (C=O) groups excluding carboxylic acids is 4. The molecule has 292 valence electrons. The number of hydrogen-bond donors (Lipinski definition) is 2. The predicted octanol–water partition coefficient (Wildman–Crippen LogP) is 4.18. The normalized spacial score (nSPS) is 18.8. The first-order chi connectivity index (χ1) is 28.2. The van der Waals surface area contributed by atoms with Crippen molar-refractivity contribution in [1.82, 2.24) is 39.7 Å². The predicted molar refractivity (Wildman–Crippen MR) is 215 cm³/mol. The maximum absolute atomic E-state index is 13.3. The molecule has 16 nitrogen and oxygen atoms in total. The maximum Gasteiger partial charge on any atom is 0.262 e. The highest BCUT2D eigenvalue weighted by atomic mass is 16.5. The third kappa shape index (κ3) is 6.50. The van der Waals surface area contributed by atoms with E-state index in [1.807, 2.05) is 49.5 Å². The zero-order chi connectivity index (χ0) is 39.5. The van der Waals surface area contributed by atoms with E-state index in [0.29, 0.717) is 28.4 Å². The van der Waals surface area contributed by atoms with Crippen molar-refractivity contribution in [3.63, 3.8) is 0 Å². The number of fused-ring (bicyclic) bond motifs is 3. The van der Waals surface area contributed by atoms with Crippen molar-refractivity contribution in [2.45, 2.75) is 25.8 Å². The highest BCUT2D eigenvalue weighted by Gasteiger charge is 2.45. The number of piperidine rings is 1. The SMILES string of the molecule is Cc1cc(Nc2ncnc3ccc(N4CCN(CC5CN(c6ccc7c(c6)C(=O)N(C6CCC(=O)NC6=O)C7=O)C5)CC4)cc23)ccc1Oc1ccn2ncnc2c1. The van der Waals surface area contributed by atoms with Crippen molar-refractivity contribution in [2.24, 2.45) is 5.92 Å². The van der Waals surface area contributed by atoms with Crippen molar-refractivity contribution in [2.75, 3.05) is 60.9 Å². The first kappa shape index (κ1) is 35.5. The van der Waals surface area contributed by atoms with E-state index in [1.54, 1.807) is 23.0 Å². The molecule has 3 fully saturated rings. The number of amides is 4. The smallest absolute Gasteiger partial charge is 0.262 e. The largest absolute Gasteiger partial charge is 0.457 e. The van der Waals surface area contributed by atoms with Gasteiger partial charge in [-0.3, -0.25) is 34.3 Å². The van der Waals surface area contributed by atoms with Crippen molar-refractivity contribution in [3.05, 3.63) is 102 Å². The second-order valence-electron chi connectivity index (χ2n) is 15.3. The summed E-state index contributed by atoms with van der Waals surface area (Å²) in [5, 5.41) is 10.8. The second kappa shape index (κ2) is 14.2. The quantitative estimate of drug-likeness (QED) is 0.201. The van der Waals surface area contributed by atoms with Gasteiger partial charge in [-0.2, -0.15) is 5.10 Å². The van der Waals surface area contributed by atoms with Gasteiger partial charge in [-0.15, -0.1) is 0 Å². The number of imide groups is 2. The van der Waals surface area contributed by atoms with Crippen molar-refractivity contribution < 1.29 is 23.9 Å². The van der Waals surface area contributed by atoms with E-state index in [-0.39, 0.29) is 18.7 Å². The number of carbonyl (C=O) groups is 4. The van der Waals surface area contributed by atoms with Gasteiger partial charge in [0.1, 0.15) is 36.0 Å². The molecule has 0 saturated carbocycles. The van der Waals surface area contributed by atoms with E-state index < -0.39 is 23.8 Å². The van der Waals surface area contributed by atoms with Crippen LogP contribution in [0.2, 0.25) is 0 Å². The van der Waals surface area contributed by atoms with Gasteiger partial charge in [-0.1, -0.05) is 0 Å². The van der Waals surface area contributed by atoms with E-state index in [0.717, 1.165) is 95.8 Å². The lowest BCUT2D eigenvalue weighted by atomic mass is 9.97. The van der Waals surface area contributed by atoms with Crippen LogP contribution in [0.5, 0.6) is 11.5 Å². The Morgan fingerprint density at radius 2 is 1.62 bits per heavy atom. The third-order valence-electron chi connectivity index (χ3n) is 11.5. The number of pyridine rings is 1. The molecule has 0 bridgehead atoms. The zero-order valence-corrected chi connectivity index (χ0v) is 31.7. The average Bonchev–Trinajstić information content (AvgIpc) is 3.78. The fourth-order valence-electron chi connectivity index (χ4n) is 8.41. The van der Waals surface area contributed by atoms with E-state index >= 15 is 0 Å². The fourth-order valence-corrected chi connectivity index (χ4v) is 8.41. The summed E-state index contributed by atoms with van der Waals surface area (Å²) in [5.41, 5.74) is 6.06. The third-order valence-corrected chi connectivity index (χ3v) is 11.5. The fraction of sp³-hybridized carbons (Fsp3) is 0.286. The molecule has 6 aromatic rings. The van der Waals surface area contributed by atoms with Crippen molar-refractivity contribution in [3.8, 4) is 11.5 Å². The number of ether oxygens (including phenoxy) is 1. The molecule has 4 aliphatic heterocycles. The molecule has 1 unspecified atom stereocenters. The molecule has 10 rings (SSSR count). The average molecular weight is 778 g/mol. The van der Waals surface area contributed by atoms with Gasteiger partial charge in [0.15, 0.2) is 5.65 Å². The van der Waals surface area contributed by atoms with Crippen LogP contribution in [-0.4, -0.2) is 110 Å². The summed E-state index contributed by atoms with van der Waals surface area (Å²) >= 11 is 0. The van der Waals surface area contributed by atoms with Crippen molar-refractivity contribution in [1.29, 1.82) is 0 Å². The molecular weight excluding hydrogens is 739 g/mol. The summed E-state index contributed by atoms with van der Waals surface area (Å²) in [6.07, 6.45) is 5.14. The number of rotatable bonds is 9. The lowest BCUT2D eigenvalue weighted by Crippen LogP contribution is -2.55. The molecular formula is C42H39N11O5. The number of aromatic nitrogens is 5. The topological polar surface area (TPSA) is 170 Å². The van der Waals surface area contributed by atoms with E-state index in [9.17, 15) is 19.2 Å². The van der Waals surface area contributed by atoms with Crippen LogP contribution in [0.3, 0.4) is 0 Å². The Hall–Kier alpha value is -6.94. The Morgan fingerprint density at radius 1 is 0.810 bits per heavy atom. The molecule has 3 aromatic heterocycles. The first-order valence-corrected chi connectivity index (χ1v) is 19.4. The van der Waals surface area contributed by atoms with Crippen LogP contribution < -0.4 is 25.2 Å². The van der Waals surface area contributed by atoms with Gasteiger partial charge in [0.2, 0.25) is 11.8 Å². The Morgan fingerprint density at radius 3 is 2.45 bits per heavy atom. The minimum atomic E-state index is -0.970. The maximum atomic E-state index is 13.3. The number of nitrogens with zero attached hydrogens (tertiary/aromatic N) is 9. The number of nitrogens with one attached hydrogen (secondary N) is 2. The lowest BCUT2D eigenvalue weighted by Gasteiger charge is -2.45. The summed E-state index contributed by atoms with van der Waals surface area (Å²) in [7, 11) is 0. The second-order valence-corrected chi connectivity index (χ2v) is 15.3. The van der Waals surface area contributed by atoms with Crippen LogP contribution >= 0.6 is 0 Å². The molecule has 2 N–H and O–H groups in total. The lowest BCUT2D eigenvalue weighted by molar-refractivity contribution is -0.136. The van der Waals surface area contributed by atoms with Gasteiger partial charge in [0, 0.05) is 92.9 Å². The van der Waals surface area contributed by atoms with E-state index in [1.165, 1.54) is 6.33 Å². The van der Waals surface area contributed by atoms with Crippen LogP contribution in [0.4, 0.5) is 22.9 Å². The van der Waals surface area contributed by atoms with Gasteiger partial charge in [-0.05, 0) is 79.6 Å². The van der Waals surface area contributed by atoms with Crippen LogP contribution in [0.25, 0.3) is 16.6 Å². The van der Waals surface area contributed by atoms with Crippen LogP contribution in [-0.2, 0) is 9.59 Å². The standard InChI is InChI=1S/C42H39N11O5/c1-25-16-27(2-8-36(25)58-30-10-11-52-37(19-30)44-24-46-52)47-39-33-18-28(4-6-34(33)43-23-45-39)50-14-12-49(13-15-50)20-26-21-51(22-26)29-3-5-31-32(17-29)42(57)53(41(31)56)35-7-9-38(54)48-40(35)55/h2-6,8,10-11,16-19,23-24,26,35H,7,9,12-15,20-22H2,1H3,(H,43,45,47)(H,48,54,55). The molecule has 0 aliphatic carbocycles. The van der Waals surface area contributed by atoms with Gasteiger partial charge < -0.3 is 19.9 Å². The summed E-state index contributed by atoms with van der Waals surface area (Å²) in [4.78, 5) is 72.0. The number of piperazine rings is 1. The Kier molecular flexibility index (Phi) is 8.69. The molecule has 1 atom stereocenters. The summed E-state index contributed by atoms with van der Waals surface area (Å²) in [6, 6.07) is 20.4. The molecule has 58 heavy (non-hydrogen) atoms. The van der Waals surface area contributed by atoms with Gasteiger partial charge >= 0.3 is 0 Å². The number of anilines is 4. The molecule has 4 amide bonds. The minimum absolute atomic E-state index is 0.0938. The Labute approximate surface area is 332 Å².